The summed E-state index contributed by atoms with van der Waals surface area (Å²) in [5.74, 6) is 0.218. The number of rotatable bonds is 4. The van der Waals surface area contributed by atoms with Gasteiger partial charge >= 0.3 is 5.76 Å². The highest BCUT2D eigenvalue weighted by molar-refractivity contribution is 5.94. The van der Waals surface area contributed by atoms with Crippen LogP contribution in [0, 0.1) is 5.92 Å². The first kappa shape index (κ1) is 16.3. The largest absolute Gasteiger partial charge is 0.441 e. The van der Waals surface area contributed by atoms with E-state index >= 15 is 0 Å². The minimum absolute atomic E-state index is 0.0279. The maximum absolute atomic E-state index is 12.6. The average Bonchev–Trinajstić information content (AvgIpc) is 3.30. The van der Waals surface area contributed by atoms with Crippen LogP contribution in [0.25, 0.3) is 11.4 Å². The zero-order chi connectivity index (χ0) is 17.9. The second-order valence-electron chi connectivity index (χ2n) is 6.39. The molecular weight excluding hydrogens is 332 g/mol. The smallest absolute Gasteiger partial charge is 0.338 e. The van der Waals surface area contributed by atoms with Crippen molar-refractivity contribution in [3.8, 4) is 11.4 Å². The third-order valence-electron chi connectivity index (χ3n) is 4.66. The van der Waals surface area contributed by atoms with E-state index in [0.29, 0.717) is 31.0 Å². The minimum atomic E-state index is -0.482. The van der Waals surface area contributed by atoms with E-state index in [1.165, 1.54) is 4.57 Å². The molecule has 3 heterocycles. The van der Waals surface area contributed by atoms with E-state index in [9.17, 15) is 9.59 Å². The maximum atomic E-state index is 12.6. The van der Waals surface area contributed by atoms with Crippen molar-refractivity contribution >= 4 is 5.91 Å². The van der Waals surface area contributed by atoms with Crippen LogP contribution in [0.15, 0.2) is 64.2 Å². The number of amides is 1. The van der Waals surface area contributed by atoms with Gasteiger partial charge in [0, 0.05) is 43.2 Å². The summed E-state index contributed by atoms with van der Waals surface area (Å²) in [5, 5.41) is 3.90. The van der Waals surface area contributed by atoms with Gasteiger partial charge in [0.2, 0.25) is 0 Å². The Morgan fingerprint density at radius 3 is 2.69 bits per heavy atom. The first-order valence-electron chi connectivity index (χ1n) is 8.53. The van der Waals surface area contributed by atoms with Crippen LogP contribution in [0.2, 0.25) is 0 Å². The maximum Gasteiger partial charge on any atom is 0.441 e. The molecule has 1 atom stereocenters. The minimum Gasteiger partial charge on any atom is -0.338 e. The van der Waals surface area contributed by atoms with Crippen molar-refractivity contribution < 1.29 is 9.32 Å². The number of benzene rings is 1. The summed E-state index contributed by atoms with van der Waals surface area (Å²) in [6.45, 7) is 1.77. The molecule has 1 aliphatic rings. The lowest BCUT2D eigenvalue weighted by Gasteiger charge is -2.17. The van der Waals surface area contributed by atoms with E-state index in [-0.39, 0.29) is 11.8 Å². The Bertz CT molecular complexity index is 950. The number of likely N-dealkylation sites (tertiary alicyclic amines) is 1. The summed E-state index contributed by atoms with van der Waals surface area (Å²) in [4.78, 5) is 30.5. The zero-order valence-corrected chi connectivity index (χ0v) is 14.1. The summed E-state index contributed by atoms with van der Waals surface area (Å²) in [5.41, 5.74) is 1.47. The molecule has 0 spiro atoms. The van der Waals surface area contributed by atoms with E-state index in [0.717, 1.165) is 12.0 Å². The van der Waals surface area contributed by atoms with Gasteiger partial charge in [-0.05, 0) is 36.6 Å². The molecule has 0 bridgehead atoms. The molecular formula is C19H18N4O3. The molecule has 0 radical (unpaired) electrons. The van der Waals surface area contributed by atoms with Gasteiger partial charge in [0.25, 0.3) is 5.91 Å². The third kappa shape index (κ3) is 3.15. The van der Waals surface area contributed by atoms with E-state index in [2.05, 4.69) is 10.1 Å². The van der Waals surface area contributed by atoms with Crippen molar-refractivity contribution in [2.75, 3.05) is 13.1 Å². The molecule has 7 heteroatoms. The van der Waals surface area contributed by atoms with Crippen LogP contribution < -0.4 is 5.76 Å². The second kappa shape index (κ2) is 6.95. The summed E-state index contributed by atoms with van der Waals surface area (Å²) >= 11 is 0. The Morgan fingerprint density at radius 1 is 1.15 bits per heavy atom. The molecule has 1 aromatic carbocycles. The highest BCUT2D eigenvalue weighted by Gasteiger charge is 2.28. The van der Waals surface area contributed by atoms with Gasteiger partial charge in [-0.1, -0.05) is 23.4 Å². The van der Waals surface area contributed by atoms with Gasteiger partial charge in [-0.2, -0.15) is 0 Å². The molecule has 0 aliphatic carbocycles. The Morgan fingerprint density at radius 2 is 1.92 bits per heavy atom. The molecule has 132 valence electrons. The number of carbonyl (C=O) groups excluding carboxylic acids is 1. The van der Waals surface area contributed by atoms with Gasteiger partial charge in [-0.15, -0.1) is 0 Å². The Labute approximate surface area is 149 Å². The monoisotopic (exact) mass is 350 g/mol. The van der Waals surface area contributed by atoms with Crippen LogP contribution in [0.1, 0.15) is 16.8 Å². The van der Waals surface area contributed by atoms with Crippen molar-refractivity contribution in [1.82, 2.24) is 19.6 Å². The molecule has 2 aromatic heterocycles. The lowest BCUT2D eigenvalue weighted by Crippen LogP contribution is -2.30. The summed E-state index contributed by atoms with van der Waals surface area (Å²) < 4.78 is 6.40. The molecule has 1 amide bonds. The topological polar surface area (TPSA) is 81.2 Å². The van der Waals surface area contributed by atoms with Crippen molar-refractivity contribution in [2.45, 2.75) is 13.0 Å². The molecule has 4 rings (SSSR count). The molecule has 26 heavy (non-hydrogen) atoms. The Kier molecular flexibility index (Phi) is 4.35. The van der Waals surface area contributed by atoms with Gasteiger partial charge in [-0.3, -0.25) is 18.9 Å². The van der Waals surface area contributed by atoms with E-state index < -0.39 is 5.76 Å². The summed E-state index contributed by atoms with van der Waals surface area (Å²) in [7, 11) is 0. The van der Waals surface area contributed by atoms with Gasteiger partial charge in [-0.25, -0.2) is 4.79 Å². The molecule has 1 aliphatic heterocycles. The van der Waals surface area contributed by atoms with E-state index in [1.807, 2.05) is 35.2 Å². The van der Waals surface area contributed by atoms with Gasteiger partial charge < -0.3 is 4.90 Å². The number of carbonyl (C=O) groups is 1. The van der Waals surface area contributed by atoms with Crippen molar-refractivity contribution in [2.24, 2.45) is 5.92 Å². The Hall–Kier alpha value is -3.22. The van der Waals surface area contributed by atoms with Crippen LogP contribution in [0.4, 0.5) is 0 Å². The quantitative estimate of drug-likeness (QED) is 0.719. The highest BCUT2D eigenvalue weighted by Crippen LogP contribution is 2.22. The molecule has 3 aromatic rings. The molecule has 0 saturated carbocycles. The lowest BCUT2D eigenvalue weighted by molar-refractivity contribution is 0.0786. The van der Waals surface area contributed by atoms with Crippen molar-refractivity contribution in [3.05, 3.63) is 71.0 Å². The SMILES string of the molecule is O=C(c1ccccc1)N1CCC(Cn2c(-c3ccncc3)noc2=O)C1. The number of aromatic nitrogens is 3. The summed E-state index contributed by atoms with van der Waals surface area (Å²) in [6, 6.07) is 12.8. The predicted octanol–water partition coefficient (Wildman–Crippen LogP) is 2.06. The lowest BCUT2D eigenvalue weighted by atomic mass is 10.1. The number of hydrogen-bond donors (Lipinski definition) is 0. The Balaban J connectivity index is 1.49. The molecule has 1 fully saturated rings. The van der Waals surface area contributed by atoms with Crippen LogP contribution in [-0.4, -0.2) is 38.6 Å². The molecule has 7 nitrogen and oxygen atoms in total. The number of pyridine rings is 1. The van der Waals surface area contributed by atoms with Gasteiger partial charge in [0.1, 0.15) is 0 Å². The molecule has 0 N–H and O–H groups in total. The van der Waals surface area contributed by atoms with Crippen LogP contribution in [-0.2, 0) is 6.54 Å². The normalized spacial score (nSPS) is 16.8. The van der Waals surface area contributed by atoms with E-state index in [1.54, 1.807) is 24.5 Å². The fraction of sp³-hybridized carbons (Fsp3) is 0.263. The van der Waals surface area contributed by atoms with Crippen molar-refractivity contribution in [3.63, 3.8) is 0 Å². The summed E-state index contributed by atoms with van der Waals surface area (Å²) in [6.07, 6.45) is 4.13. The van der Waals surface area contributed by atoms with Crippen molar-refractivity contribution in [1.29, 1.82) is 0 Å². The predicted molar refractivity (Wildman–Crippen MR) is 94.4 cm³/mol. The third-order valence-corrected chi connectivity index (χ3v) is 4.66. The zero-order valence-electron chi connectivity index (χ0n) is 14.1. The fourth-order valence-electron chi connectivity index (χ4n) is 3.33. The number of nitrogens with zero attached hydrogens (tertiary/aromatic N) is 4. The van der Waals surface area contributed by atoms with Gasteiger partial charge in [0.15, 0.2) is 5.82 Å². The van der Waals surface area contributed by atoms with Crippen LogP contribution >= 0.6 is 0 Å². The van der Waals surface area contributed by atoms with Crippen LogP contribution in [0.3, 0.4) is 0 Å². The van der Waals surface area contributed by atoms with Gasteiger partial charge in [0.05, 0.1) is 0 Å². The van der Waals surface area contributed by atoms with E-state index in [4.69, 9.17) is 4.52 Å². The second-order valence-corrected chi connectivity index (χ2v) is 6.39. The molecule has 1 unspecified atom stereocenters. The first-order chi connectivity index (χ1) is 12.7. The standard InChI is InChI=1S/C19H18N4O3/c24-18(16-4-2-1-3-5-16)22-11-8-14(12-22)13-23-17(21-26-19(23)25)15-6-9-20-10-7-15/h1-7,9-10,14H,8,11-13H2. The first-order valence-corrected chi connectivity index (χ1v) is 8.53. The highest BCUT2D eigenvalue weighted by atomic mass is 16.5. The number of hydrogen-bond acceptors (Lipinski definition) is 5. The average molecular weight is 350 g/mol. The molecule has 1 saturated heterocycles. The fourth-order valence-corrected chi connectivity index (χ4v) is 3.33. The van der Waals surface area contributed by atoms with Crippen LogP contribution in [0.5, 0.6) is 0 Å².